The fraction of sp³-hybridized carbons (Fsp3) is 0.575. The minimum absolute atomic E-state index is 0.0505. The van der Waals surface area contributed by atoms with Crippen LogP contribution in [-0.4, -0.2) is 94.6 Å². The molecule has 2 aliphatic rings. The van der Waals surface area contributed by atoms with E-state index in [-0.39, 0.29) is 54.7 Å². The molecule has 2 aliphatic heterocycles. The summed E-state index contributed by atoms with van der Waals surface area (Å²) < 4.78 is 0. The smallest absolute Gasteiger partial charge is 0.320 e. The van der Waals surface area contributed by atoms with Crippen LogP contribution in [0.15, 0.2) is 60.7 Å². The number of piperidine rings is 1. The van der Waals surface area contributed by atoms with E-state index in [0.717, 1.165) is 24.1 Å². The number of ketones is 2. The first-order valence-electron chi connectivity index (χ1n) is 18.6. The molecule has 2 fully saturated rings. The summed E-state index contributed by atoms with van der Waals surface area (Å²) in [5.74, 6) is -3.03. The van der Waals surface area contributed by atoms with Gasteiger partial charge in [-0.25, -0.2) is 0 Å². The van der Waals surface area contributed by atoms with Crippen molar-refractivity contribution in [3.8, 4) is 0 Å². The number of aliphatic carboxylic acids is 1. The van der Waals surface area contributed by atoms with Gasteiger partial charge in [0, 0.05) is 43.8 Å². The number of nitrogens with one attached hydrogen (secondary N) is 1. The number of rotatable bonds is 19. The van der Waals surface area contributed by atoms with Crippen LogP contribution in [0.1, 0.15) is 76.3 Å². The molecule has 0 saturated carbocycles. The lowest BCUT2D eigenvalue weighted by atomic mass is 9.88. The Kier molecular flexibility index (Phi) is 15.3. The zero-order valence-electron chi connectivity index (χ0n) is 30.3. The SMILES string of the molecule is CC(C)C[C@@H](NC(=O)[C@H](CC(=O)[C@H](N)Cc1ccccc1)Cc1ccccc1)C(=O)C[C@H](CCN)C(=O)N1CCC(N2CCC[C@H]2C(=O)O)CC1. The van der Waals surface area contributed by atoms with Gasteiger partial charge in [0.15, 0.2) is 11.6 Å². The summed E-state index contributed by atoms with van der Waals surface area (Å²) >= 11 is 0. The fourth-order valence-corrected chi connectivity index (χ4v) is 7.63. The molecule has 2 aromatic carbocycles. The second-order valence-electron chi connectivity index (χ2n) is 14.8. The monoisotopic (exact) mass is 703 g/mol. The average Bonchev–Trinajstić information content (AvgIpc) is 3.62. The maximum absolute atomic E-state index is 14.0. The van der Waals surface area contributed by atoms with E-state index in [1.54, 1.807) is 4.90 Å². The highest BCUT2D eigenvalue weighted by Gasteiger charge is 2.39. The largest absolute Gasteiger partial charge is 0.480 e. The normalized spacial score (nSPS) is 19.3. The Hall–Kier alpha value is -3.93. The van der Waals surface area contributed by atoms with Crippen LogP contribution in [0.2, 0.25) is 0 Å². The molecule has 11 nitrogen and oxygen atoms in total. The molecule has 0 aliphatic carbocycles. The molecule has 2 amide bonds. The fourth-order valence-electron chi connectivity index (χ4n) is 7.63. The summed E-state index contributed by atoms with van der Waals surface area (Å²) in [6.07, 6.45) is 4.16. The highest BCUT2D eigenvalue weighted by molar-refractivity contribution is 5.94. The molecule has 0 radical (unpaired) electrons. The molecule has 51 heavy (non-hydrogen) atoms. The van der Waals surface area contributed by atoms with Crippen molar-refractivity contribution in [1.29, 1.82) is 0 Å². The summed E-state index contributed by atoms with van der Waals surface area (Å²) in [5, 5.41) is 12.6. The first-order valence-corrected chi connectivity index (χ1v) is 18.6. The highest BCUT2D eigenvalue weighted by atomic mass is 16.4. The van der Waals surface area contributed by atoms with Crippen molar-refractivity contribution in [3.63, 3.8) is 0 Å². The molecule has 0 aromatic heterocycles. The quantitative estimate of drug-likeness (QED) is 0.171. The van der Waals surface area contributed by atoms with Crippen molar-refractivity contribution < 1.29 is 29.1 Å². The molecular formula is C40H57N5O6. The third kappa shape index (κ3) is 11.8. The summed E-state index contributed by atoms with van der Waals surface area (Å²) in [5.41, 5.74) is 14.1. The number of carboxylic acids is 1. The van der Waals surface area contributed by atoms with Gasteiger partial charge in [-0.1, -0.05) is 74.5 Å². The summed E-state index contributed by atoms with van der Waals surface area (Å²) in [4.78, 5) is 70.7. The van der Waals surface area contributed by atoms with Crippen molar-refractivity contribution in [2.24, 2.45) is 29.2 Å². The number of carbonyl (C=O) groups is 5. The van der Waals surface area contributed by atoms with Crippen molar-refractivity contribution in [3.05, 3.63) is 71.8 Å². The van der Waals surface area contributed by atoms with Crippen molar-refractivity contribution >= 4 is 29.4 Å². The number of nitrogens with two attached hydrogens (primary N) is 2. The molecule has 278 valence electrons. The Bertz CT molecular complexity index is 1450. The van der Waals surface area contributed by atoms with Gasteiger partial charge in [-0.3, -0.25) is 28.9 Å². The van der Waals surface area contributed by atoms with Crippen LogP contribution in [0.4, 0.5) is 0 Å². The molecule has 0 spiro atoms. The Labute approximate surface area is 302 Å². The lowest BCUT2D eigenvalue weighted by molar-refractivity contribution is -0.145. The number of nitrogens with zero attached hydrogens (tertiary/aromatic N) is 2. The van der Waals surface area contributed by atoms with Gasteiger partial charge < -0.3 is 26.8 Å². The molecule has 5 atom stereocenters. The van der Waals surface area contributed by atoms with Crippen LogP contribution in [0.3, 0.4) is 0 Å². The van der Waals surface area contributed by atoms with Gasteiger partial charge in [-0.2, -0.15) is 0 Å². The molecule has 6 N–H and O–H groups in total. The Morgan fingerprint density at radius 3 is 1.98 bits per heavy atom. The number of hydrogen-bond donors (Lipinski definition) is 4. The first kappa shape index (κ1) is 39.8. The number of carboxylic acid groups (broad SMARTS) is 1. The van der Waals surface area contributed by atoms with Crippen molar-refractivity contribution in [2.45, 2.75) is 102 Å². The van der Waals surface area contributed by atoms with E-state index >= 15 is 0 Å². The lowest BCUT2D eigenvalue weighted by Gasteiger charge is -2.39. The predicted octanol–water partition coefficient (Wildman–Crippen LogP) is 3.37. The molecule has 2 saturated heterocycles. The Balaban J connectivity index is 1.42. The molecular weight excluding hydrogens is 646 g/mol. The van der Waals surface area contributed by atoms with E-state index < -0.39 is 35.9 Å². The van der Waals surface area contributed by atoms with Crippen molar-refractivity contribution in [2.75, 3.05) is 26.2 Å². The van der Waals surface area contributed by atoms with Crippen molar-refractivity contribution in [1.82, 2.24) is 15.1 Å². The predicted molar refractivity (Wildman–Crippen MR) is 197 cm³/mol. The summed E-state index contributed by atoms with van der Waals surface area (Å²) in [7, 11) is 0. The third-order valence-electron chi connectivity index (χ3n) is 10.4. The Morgan fingerprint density at radius 1 is 0.824 bits per heavy atom. The van der Waals surface area contributed by atoms with Gasteiger partial charge in [0.25, 0.3) is 0 Å². The average molecular weight is 704 g/mol. The summed E-state index contributed by atoms with van der Waals surface area (Å²) in [6, 6.07) is 17.0. The van der Waals surface area contributed by atoms with Crippen LogP contribution < -0.4 is 16.8 Å². The Morgan fingerprint density at radius 2 is 1.41 bits per heavy atom. The standard InChI is InChI=1S/C40H57N5O6/c1-27(2)22-34(37(47)25-30(15-18-41)39(49)44-20-16-32(17-21-44)45-19-9-14-35(45)40(50)51)43-38(48)31(23-28-10-5-3-6-11-28)26-36(46)33(42)24-29-12-7-4-8-13-29/h3-8,10-13,27,30-35H,9,14-26,41-42H2,1-2H3,(H,43,48)(H,50,51)/t30-,31-,33+,34+,35-/m0/s1. The van der Waals surface area contributed by atoms with Crippen LogP contribution in [0.25, 0.3) is 0 Å². The minimum Gasteiger partial charge on any atom is -0.480 e. The highest BCUT2D eigenvalue weighted by Crippen LogP contribution is 2.28. The zero-order chi connectivity index (χ0) is 36.9. The molecule has 0 bridgehead atoms. The van der Waals surface area contributed by atoms with Crippen LogP contribution >= 0.6 is 0 Å². The van der Waals surface area contributed by atoms with Gasteiger partial charge in [0.1, 0.15) is 6.04 Å². The number of likely N-dealkylation sites (tertiary alicyclic amines) is 2. The molecule has 2 heterocycles. The molecule has 4 rings (SSSR count). The number of hydrogen-bond acceptors (Lipinski definition) is 8. The van der Waals surface area contributed by atoms with Gasteiger partial charge in [0.05, 0.1) is 12.1 Å². The molecule has 2 aromatic rings. The minimum atomic E-state index is -0.828. The van der Waals surface area contributed by atoms with E-state index in [1.165, 1.54) is 0 Å². The number of amides is 2. The maximum atomic E-state index is 14.0. The lowest BCUT2D eigenvalue weighted by Crippen LogP contribution is -2.51. The van der Waals surface area contributed by atoms with E-state index in [4.69, 9.17) is 11.5 Å². The van der Waals surface area contributed by atoms with Crippen LogP contribution in [-0.2, 0) is 36.8 Å². The van der Waals surface area contributed by atoms with Gasteiger partial charge in [-0.05, 0) is 81.5 Å². The van der Waals surface area contributed by atoms with E-state index in [9.17, 15) is 29.1 Å². The van der Waals surface area contributed by atoms with Crippen LogP contribution in [0, 0.1) is 17.8 Å². The molecule has 11 heteroatoms. The van der Waals surface area contributed by atoms with E-state index in [2.05, 4.69) is 10.2 Å². The number of carbonyl (C=O) groups excluding carboxylic acids is 4. The maximum Gasteiger partial charge on any atom is 0.320 e. The van der Waals surface area contributed by atoms with Gasteiger partial charge in [0.2, 0.25) is 11.8 Å². The van der Waals surface area contributed by atoms with Gasteiger partial charge >= 0.3 is 5.97 Å². The number of benzene rings is 2. The zero-order valence-corrected chi connectivity index (χ0v) is 30.3. The number of Topliss-reactive ketones (excluding diaryl/α,β-unsaturated/α-hetero) is 2. The van der Waals surface area contributed by atoms with E-state index in [1.807, 2.05) is 74.5 Å². The van der Waals surface area contributed by atoms with Crippen LogP contribution in [0.5, 0.6) is 0 Å². The second kappa shape index (κ2) is 19.6. The third-order valence-corrected chi connectivity index (χ3v) is 10.4. The van der Waals surface area contributed by atoms with Gasteiger partial charge in [-0.15, -0.1) is 0 Å². The summed E-state index contributed by atoms with van der Waals surface area (Å²) in [6.45, 7) is 5.93. The topological polar surface area (TPSA) is 176 Å². The van der Waals surface area contributed by atoms with E-state index in [0.29, 0.717) is 58.0 Å². The molecule has 0 unspecified atom stereocenters. The first-order chi connectivity index (χ1) is 24.5. The second-order valence-corrected chi connectivity index (χ2v) is 14.8.